The van der Waals surface area contributed by atoms with Crippen LogP contribution < -0.4 is 9.46 Å². The first-order valence-electron chi connectivity index (χ1n) is 10.7. The highest BCUT2D eigenvalue weighted by molar-refractivity contribution is 7.97. The summed E-state index contributed by atoms with van der Waals surface area (Å²) in [5.41, 5.74) is 0.992. The molecule has 3 aromatic carbocycles. The summed E-state index contributed by atoms with van der Waals surface area (Å²) in [5, 5.41) is 0. The van der Waals surface area contributed by atoms with Crippen molar-refractivity contribution in [3.63, 3.8) is 0 Å². The van der Waals surface area contributed by atoms with E-state index in [0.717, 1.165) is 12.6 Å². The van der Waals surface area contributed by atoms with Gasteiger partial charge >= 0.3 is 6.36 Å². The molecular formula is C25H23F5N2OS. The Bertz CT molecular complexity index is 1060. The Morgan fingerprint density at radius 3 is 2.09 bits per heavy atom. The Morgan fingerprint density at radius 2 is 1.50 bits per heavy atom. The Kier molecular flexibility index (Phi) is 7.45. The Labute approximate surface area is 199 Å². The van der Waals surface area contributed by atoms with Crippen LogP contribution in [0.2, 0.25) is 0 Å². The lowest BCUT2D eigenvalue weighted by atomic mass is 9.81. The fraction of sp³-hybridized carbons (Fsp3) is 0.280. The van der Waals surface area contributed by atoms with Crippen LogP contribution in [0.25, 0.3) is 0 Å². The smallest absolute Gasteiger partial charge is 0.406 e. The summed E-state index contributed by atoms with van der Waals surface area (Å²) in [6, 6.07) is 19.0. The monoisotopic (exact) mass is 494 g/mol. The van der Waals surface area contributed by atoms with E-state index in [1.807, 2.05) is 18.2 Å². The predicted octanol–water partition coefficient (Wildman–Crippen LogP) is 6.65. The number of nitrogens with zero attached hydrogens (tertiary/aromatic N) is 1. The highest BCUT2D eigenvalue weighted by Crippen LogP contribution is 2.37. The molecule has 4 rings (SSSR count). The summed E-state index contributed by atoms with van der Waals surface area (Å²) in [4.78, 5) is 2.94. The third kappa shape index (κ3) is 6.49. The number of rotatable bonds is 7. The van der Waals surface area contributed by atoms with Crippen LogP contribution >= 0.6 is 11.9 Å². The van der Waals surface area contributed by atoms with Crippen LogP contribution in [0.5, 0.6) is 5.75 Å². The molecule has 1 aliphatic rings. The van der Waals surface area contributed by atoms with Crippen molar-refractivity contribution in [2.75, 3.05) is 13.1 Å². The van der Waals surface area contributed by atoms with E-state index >= 15 is 0 Å². The molecule has 1 fully saturated rings. The second kappa shape index (κ2) is 10.3. The lowest BCUT2D eigenvalue weighted by Gasteiger charge is -2.42. The Balaban J connectivity index is 1.49. The average molecular weight is 495 g/mol. The number of halogens is 5. The maximum absolute atomic E-state index is 14.1. The molecule has 0 saturated carbocycles. The van der Waals surface area contributed by atoms with Crippen LogP contribution in [0.15, 0.2) is 77.7 Å². The van der Waals surface area contributed by atoms with Crippen molar-refractivity contribution < 1.29 is 26.7 Å². The minimum absolute atomic E-state index is 0.312. The van der Waals surface area contributed by atoms with Gasteiger partial charge in [-0.05, 0) is 72.3 Å². The lowest BCUT2D eigenvalue weighted by molar-refractivity contribution is -0.274. The number of benzene rings is 3. The topological polar surface area (TPSA) is 24.5 Å². The molecule has 1 N–H and O–H groups in total. The van der Waals surface area contributed by atoms with E-state index in [1.54, 1.807) is 0 Å². The molecule has 0 radical (unpaired) electrons. The van der Waals surface area contributed by atoms with Gasteiger partial charge in [0.1, 0.15) is 17.4 Å². The van der Waals surface area contributed by atoms with Gasteiger partial charge in [-0.3, -0.25) is 4.90 Å². The van der Waals surface area contributed by atoms with Gasteiger partial charge in [0.15, 0.2) is 0 Å². The zero-order valence-corrected chi connectivity index (χ0v) is 18.9. The van der Waals surface area contributed by atoms with Crippen molar-refractivity contribution >= 4 is 11.9 Å². The summed E-state index contributed by atoms with van der Waals surface area (Å²) in [6.45, 7) is 2.19. The number of hydrogen-bond donors (Lipinski definition) is 1. The first-order chi connectivity index (χ1) is 16.2. The van der Waals surface area contributed by atoms with Crippen LogP contribution in [-0.4, -0.2) is 24.4 Å². The van der Waals surface area contributed by atoms with E-state index in [2.05, 4.69) is 26.5 Å². The van der Waals surface area contributed by atoms with E-state index in [-0.39, 0.29) is 5.75 Å². The fourth-order valence-corrected chi connectivity index (χ4v) is 4.99. The van der Waals surface area contributed by atoms with Gasteiger partial charge < -0.3 is 4.74 Å². The Hall–Kier alpha value is -2.62. The average Bonchev–Trinajstić information content (AvgIpc) is 2.79. The van der Waals surface area contributed by atoms with Crippen molar-refractivity contribution in [3.8, 4) is 5.75 Å². The summed E-state index contributed by atoms with van der Waals surface area (Å²) < 4.78 is 72.6. The van der Waals surface area contributed by atoms with Gasteiger partial charge in [0, 0.05) is 30.6 Å². The number of likely N-dealkylation sites (tertiary alicyclic amines) is 1. The molecule has 0 atom stereocenters. The van der Waals surface area contributed by atoms with Crippen molar-refractivity contribution in [3.05, 3.63) is 95.6 Å². The van der Waals surface area contributed by atoms with Gasteiger partial charge in [-0.2, -0.15) is 0 Å². The number of nitrogens with one attached hydrogen (secondary N) is 1. The molecule has 34 heavy (non-hydrogen) atoms. The summed E-state index contributed by atoms with van der Waals surface area (Å²) in [5.74, 6) is -1.61. The van der Waals surface area contributed by atoms with Crippen molar-refractivity contribution in [1.82, 2.24) is 9.62 Å². The van der Waals surface area contributed by atoms with Gasteiger partial charge in [-0.25, -0.2) is 13.5 Å². The van der Waals surface area contributed by atoms with E-state index in [1.165, 1.54) is 53.9 Å². The number of alkyl halides is 3. The van der Waals surface area contributed by atoms with Gasteiger partial charge in [0.05, 0.1) is 5.54 Å². The first-order valence-corrected chi connectivity index (χ1v) is 11.6. The molecule has 0 amide bonds. The molecule has 1 heterocycles. The van der Waals surface area contributed by atoms with Crippen molar-refractivity contribution in [2.45, 2.75) is 36.2 Å². The van der Waals surface area contributed by atoms with Crippen molar-refractivity contribution in [1.29, 1.82) is 0 Å². The second-order valence-electron chi connectivity index (χ2n) is 8.23. The maximum atomic E-state index is 14.1. The molecule has 0 aliphatic carbocycles. The summed E-state index contributed by atoms with van der Waals surface area (Å²) in [7, 11) is 0. The molecule has 1 saturated heterocycles. The highest BCUT2D eigenvalue weighted by Gasteiger charge is 2.37. The van der Waals surface area contributed by atoms with Crippen molar-refractivity contribution in [2.24, 2.45) is 0 Å². The molecule has 1 aliphatic heterocycles. The molecule has 3 aromatic rings. The minimum Gasteiger partial charge on any atom is -0.406 e. The lowest BCUT2D eigenvalue weighted by Crippen LogP contribution is -2.48. The van der Waals surface area contributed by atoms with Crippen LogP contribution in [-0.2, 0) is 12.1 Å². The van der Waals surface area contributed by atoms with Gasteiger partial charge in [0.2, 0.25) is 0 Å². The quantitative estimate of drug-likeness (QED) is 0.294. The normalized spacial score (nSPS) is 16.4. The summed E-state index contributed by atoms with van der Waals surface area (Å²) in [6.07, 6.45) is -3.55. The summed E-state index contributed by atoms with van der Waals surface area (Å²) >= 11 is 1.21. The van der Waals surface area contributed by atoms with E-state index in [0.29, 0.717) is 36.4 Å². The molecule has 0 unspecified atom stereocenters. The third-order valence-electron chi connectivity index (χ3n) is 5.80. The molecule has 9 heteroatoms. The van der Waals surface area contributed by atoms with Gasteiger partial charge in [0.25, 0.3) is 0 Å². The second-order valence-corrected chi connectivity index (χ2v) is 9.10. The maximum Gasteiger partial charge on any atom is 0.573 e. The zero-order valence-electron chi connectivity index (χ0n) is 18.1. The van der Waals surface area contributed by atoms with E-state index in [4.69, 9.17) is 0 Å². The molecule has 3 nitrogen and oxygen atoms in total. The van der Waals surface area contributed by atoms with Crippen LogP contribution in [0.1, 0.15) is 24.0 Å². The fourth-order valence-electron chi connectivity index (χ4n) is 4.08. The number of hydrogen-bond acceptors (Lipinski definition) is 4. The predicted molar refractivity (Wildman–Crippen MR) is 121 cm³/mol. The molecule has 0 spiro atoms. The van der Waals surface area contributed by atoms with Crippen LogP contribution in [0, 0.1) is 11.6 Å². The van der Waals surface area contributed by atoms with Gasteiger partial charge in [-0.1, -0.05) is 30.3 Å². The van der Waals surface area contributed by atoms with E-state index < -0.39 is 23.5 Å². The highest BCUT2D eigenvalue weighted by atomic mass is 32.2. The largest absolute Gasteiger partial charge is 0.573 e. The molecular weight excluding hydrogens is 471 g/mol. The standard InChI is InChI=1S/C25H23F5N2OS/c26-20-14-19(15-21(27)16-20)24(10-12-32(13-11-24)17-18-4-2-1-3-5-18)31-34-23-8-6-22(7-9-23)33-25(28,29)30/h1-9,14-16,31H,10-13,17H2. The van der Waals surface area contributed by atoms with Gasteiger partial charge in [-0.15, -0.1) is 13.2 Å². The van der Waals surface area contributed by atoms with Crippen LogP contribution in [0.3, 0.4) is 0 Å². The molecule has 0 aromatic heterocycles. The van der Waals surface area contributed by atoms with E-state index in [9.17, 15) is 22.0 Å². The number of piperidine rings is 1. The Morgan fingerprint density at radius 1 is 0.882 bits per heavy atom. The zero-order chi connectivity index (χ0) is 24.2. The molecule has 0 bridgehead atoms. The van der Waals surface area contributed by atoms with Crippen LogP contribution in [0.4, 0.5) is 22.0 Å². The first kappa shape index (κ1) is 24.5. The number of ether oxygens (including phenoxy) is 1. The SMILES string of the molecule is Fc1cc(F)cc(C2(NSc3ccc(OC(F)(F)F)cc3)CCN(Cc3ccccc3)CC2)c1. The third-order valence-corrected chi connectivity index (χ3v) is 6.80. The minimum atomic E-state index is -4.76. The molecule has 180 valence electrons.